The SMILES string of the molecule is O=Cc1ccoc1C(O)c1ccc(-c2ccccc2)cc1. The van der Waals surface area contributed by atoms with Crippen molar-refractivity contribution >= 4 is 6.29 Å². The minimum atomic E-state index is -0.940. The monoisotopic (exact) mass is 278 g/mol. The van der Waals surface area contributed by atoms with Gasteiger partial charge in [0, 0.05) is 0 Å². The molecule has 0 aliphatic heterocycles. The summed E-state index contributed by atoms with van der Waals surface area (Å²) in [5, 5.41) is 10.3. The summed E-state index contributed by atoms with van der Waals surface area (Å²) >= 11 is 0. The van der Waals surface area contributed by atoms with E-state index in [-0.39, 0.29) is 5.76 Å². The van der Waals surface area contributed by atoms with Crippen LogP contribution in [0.5, 0.6) is 0 Å². The quantitative estimate of drug-likeness (QED) is 0.738. The molecule has 0 aliphatic carbocycles. The van der Waals surface area contributed by atoms with E-state index in [4.69, 9.17) is 4.42 Å². The first-order chi connectivity index (χ1) is 10.3. The Balaban J connectivity index is 1.89. The van der Waals surface area contributed by atoms with Crippen LogP contribution in [0.1, 0.15) is 27.8 Å². The van der Waals surface area contributed by atoms with Crippen molar-refractivity contribution in [2.24, 2.45) is 0 Å². The van der Waals surface area contributed by atoms with Crippen LogP contribution >= 0.6 is 0 Å². The van der Waals surface area contributed by atoms with Gasteiger partial charge >= 0.3 is 0 Å². The van der Waals surface area contributed by atoms with Crippen LogP contribution in [0.4, 0.5) is 0 Å². The smallest absolute Gasteiger partial charge is 0.153 e. The van der Waals surface area contributed by atoms with Crippen molar-refractivity contribution in [3.8, 4) is 11.1 Å². The molecular weight excluding hydrogens is 264 g/mol. The van der Waals surface area contributed by atoms with E-state index in [0.29, 0.717) is 17.4 Å². The van der Waals surface area contributed by atoms with Crippen molar-refractivity contribution < 1.29 is 14.3 Å². The molecule has 0 spiro atoms. The summed E-state index contributed by atoms with van der Waals surface area (Å²) in [5.41, 5.74) is 3.24. The average molecular weight is 278 g/mol. The maximum atomic E-state index is 10.9. The molecular formula is C18H14O3. The highest BCUT2D eigenvalue weighted by atomic mass is 16.4. The fourth-order valence-corrected chi connectivity index (χ4v) is 2.29. The molecule has 1 N–H and O–H groups in total. The number of carbonyl (C=O) groups is 1. The van der Waals surface area contributed by atoms with Crippen LogP contribution in [0.2, 0.25) is 0 Å². The van der Waals surface area contributed by atoms with Crippen LogP contribution in [0, 0.1) is 0 Å². The number of hydrogen-bond donors (Lipinski definition) is 1. The first-order valence-electron chi connectivity index (χ1n) is 6.65. The summed E-state index contributed by atoms with van der Waals surface area (Å²) in [6.45, 7) is 0. The number of rotatable bonds is 4. The van der Waals surface area contributed by atoms with Gasteiger partial charge in [-0.05, 0) is 22.8 Å². The number of aldehydes is 1. The lowest BCUT2D eigenvalue weighted by atomic mass is 10.00. The Hall–Kier alpha value is -2.65. The van der Waals surface area contributed by atoms with Crippen LogP contribution in [0.3, 0.4) is 0 Å². The van der Waals surface area contributed by atoms with Crippen LogP contribution < -0.4 is 0 Å². The molecule has 0 radical (unpaired) electrons. The predicted molar refractivity (Wildman–Crippen MR) is 80.0 cm³/mol. The molecule has 104 valence electrons. The van der Waals surface area contributed by atoms with E-state index in [1.165, 1.54) is 6.26 Å². The van der Waals surface area contributed by atoms with E-state index < -0.39 is 6.10 Å². The lowest BCUT2D eigenvalue weighted by Gasteiger charge is -2.10. The van der Waals surface area contributed by atoms with Crippen molar-refractivity contribution in [2.75, 3.05) is 0 Å². The minimum Gasteiger partial charge on any atom is -0.465 e. The second-order valence-corrected chi connectivity index (χ2v) is 4.75. The Kier molecular flexibility index (Phi) is 3.67. The molecule has 3 aromatic rings. The van der Waals surface area contributed by atoms with Gasteiger partial charge in [-0.1, -0.05) is 54.6 Å². The largest absolute Gasteiger partial charge is 0.465 e. The molecule has 3 nitrogen and oxygen atoms in total. The van der Waals surface area contributed by atoms with Gasteiger partial charge in [-0.15, -0.1) is 0 Å². The van der Waals surface area contributed by atoms with Gasteiger partial charge in [0.25, 0.3) is 0 Å². The fraction of sp³-hybridized carbons (Fsp3) is 0.0556. The Morgan fingerprint density at radius 2 is 1.57 bits per heavy atom. The van der Waals surface area contributed by atoms with Gasteiger partial charge < -0.3 is 9.52 Å². The lowest BCUT2D eigenvalue weighted by Crippen LogP contribution is -2.00. The number of furan rings is 1. The molecule has 1 aromatic heterocycles. The van der Waals surface area contributed by atoms with Crippen LogP contribution in [0.15, 0.2) is 71.3 Å². The van der Waals surface area contributed by atoms with Crippen molar-refractivity contribution in [1.82, 2.24) is 0 Å². The standard InChI is InChI=1S/C18H14O3/c19-12-16-10-11-21-18(16)17(20)15-8-6-14(7-9-15)13-4-2-1-3-5-13/h1-12,17,20H. The summed E-state index contributed by atoms with van der Waals surface area (Å²) < 4.78 is 5.21. The summed E-state index contributed by atoms with van der Waals surface area (Å²) in [7, 11) is 0. The van der Waals surface area contributed by atoms with Crippen LogP contribution in [-0.2, 0) is 0 Å². The minimum absolute atomic E-state index is 0.275. The molecule has 3 rings (SSSR count). The molecule has 3 heteroatoms. The molecule has 21 heavy (non-hydrogen) atoms. The summed E-state index contributed by atoms with van der Waals surface area (Å²) in [4.78, 5) is 10.9. The highest BCUT2D eigenvalue weighted by Gasteiger charge is 2.17. The highest BCUT2D eigenvalue weighted by Crippen LogP contribution is 2.27. The van der Waals surface area contributed by atoms with Gasteiger partial charge in [-0.3, -0.25) is 4.79 Å². The van der Waals surface area contributed by atoms with Crippen molar-refractivity contribution in [3.63, 3.8) is 0 Å². The normalized spacial score (nSPS) is 12.0. The van der Waals surface area contributed by atoms with Crippen LogP contribution in [-0.4, -0.2) is 11.4 Å². The summed E-state index contributed by atoms with van der Waals surface area (Å²) in [5.74, 6) is 0.275. The number of aliphatic hydroxyl groups excluding tert-OH is 1. The van der Waals surface area contributed by atoms with E-state index in [1.807, 2.05) is 54.6 Å². The molecule has 2 aromatic carbocycles. The molecule has 1 atom stereocenters. The Labute approximate surface area is 122 Å². The highest BCUT2D eigenvalue weighted by molar-refractivity contribution is 5.76. The molecule has 0 amide bonds. The van der Waals surface area contributed by atoms with Gasteiger partial charge in [0.05, 0.1) is 11.8 Å². The van der Waals surface area contributed by atoms with E-state index in [0.717, 1.165) is 11.1 Å². The first-order valence-corrected chi connectivity index (χ1v) is 6.65. The molecule has 0 saturated carbocycles. The van der Waals surface area contributed by atoms with Crippen molar-refractivity contribution in [3.05, 3.63) is 83.8 Å². The second-order valence-electron chi connectivity index (χ2n) is 4.75. The molecule has 1 heterocycles. The van der Waals surface area contributed by atoms with E-state index in [1.54, 1.807) is 6.07 Å². The first kappa shape index (κ1) is 13.3. The van der Waals surface area contributed by atoms with Crippen LogP contribution in [0.25, 0.3) is 11.1 Å². The third kappa shape index (κ3) is 2.64. The maximum Gasteiger partial charge on any atom is 0.153 e. The third-order valence-electron chi connectivity index (χ3n) is 3.44. The van der Waals surface area contributed by atoms with E-state index in [2.05, 4.69) is 0 Å². The fourth-order valence-electron chi connectivity index (χ4n) is 2.29. The Bertz CT molecular complexity index is 727. The molecule has 0 fully saturated rings. The Morgan fingerprint density at radius 1 is 0.905 bits per heavy atom. The van der Waals surface area contributed by atoms with Gasteiger partial charge in [-0.25, -0.2) is 0 Å². The molecule has 0 bridgehead atoms. The predicted octanol–water partition coefficient (Wildman–Crippen LogP) is 3.84. The van der Waals surface area contributed by atoms with E-state index >= 15 is 0 Å². The van der Waals surface area contributed by atoms with Gasteiger partial charge in [0.15, 0.2) is 6.29 Å². The van der Waals surface area contributed by atoms with Gasteiger partial charge in [0.2, 0.25) is 0 Å². The molecule has 0 saturated heterocycles. The average Bonchev–Trinajstić information content (AvgIpc) is 3.04. The molecule has 1 unspecified atom stereocenters. The summed E-state index contributed by atoms with van der Waals surface area (Å²) in [6.07, 6.45) is 1.14. The zero-order valence-electron chi connectivity index (χ0n) is 11.3. The van der Waals surface area contributed by atoms with Crippen molar-refractivity contribution in [1.29, 1.82) is 0 Å². The topological polar surface area (TPSA) is 50.4 Å². The summed E-state index contributed by atoms with van der Waals surface area (Å²) in [6, 6.07) is 19.1. The second kappa shape index (κ2) is 5.77. The van der Waals surface area contributed by atoms with E-state index in [9.17, 15) is 9.90 Å². The molecule has 0 aliphatic rings. The number of aliphatic hydroxyl groups is 1. The zero-order valence-corrected chi connectivity index (χ0v) is 11.3. The lowest BCUT2D eigenvalue weighted by molar-refractivity contribution is 0.111. The van der Waals surface area contributed by atoms with Gasteiger partial charge in [-0.2, -0.15) is 0 Å². The number of hydrogen-bond acceptors (Lipinski definition) is 3. The zero-order chi connectivity index (χ0) is 14.7. The maximum absolute atomic E-state index is 10.9. The Morgan fingerprint density at radius 3 is 2.24 bits per heavy atom. The number of carbonyl (C=O) groups excluding carboxylic acids is 1. The van der Waals surface area contributed by atoms with Crippen molar-refractivity contribution in [2.45, 2.75) is 6.10 Å². The van der Waals surface area contributed by atoms with Gasteiger partial charge in [0.1, 0.15) is 11.9 Å². The number of benzene rings is 2. The third-order valence-corrected chi connectivity index (χ3v) is 3.44.